The monoisotopic (exact) mass is 573 g/mol. The molecule has 0 unspecified atom stereocenters. The van der Waals surface area contributed by atoms with Crippen LogP contribution in [0.2, 0.25) is 0 Å². The average Bonchev–Trinajstić information content (AvgIpc) is 3.28. The normalized spacial score (nSPS) is 17.5. The zero-order valence-electron chi connectivity index (χ0n) is 24.3. The minimum absolute atomic E-state index is 0.249. The first-order chi connectivity index (χ1) is 19.5. The van der Waals surface area contributed by atoms with Crippen LogP contribution in [0.15, 0.2) is 72.8 Å². The highest BCUT2D eigenvalue weighted by Crippen LogP contribution is 2.40. The molecule has 3 N–H and O–H groups in total. The molecule has 1 aliphatic rings. The number of aliphatic hydroxyl groups is 1. The fraction of sp³-hybridized carbons (Fsp3) is 0.364. The molecule has 3 atom stereocenters. The number of aryl methyl sites for hydroxylation is 3. The van der Waals surface area contributed by atoms with E-state index in [0.29, 0.717) is 12.1 Å². The second kappa shape index (κ2) is 12.9. The first-order valence-corrected chi connectivity index (χ1v) is 14.8. The Morgan fingerprint density at radius 1 is 0.951 bits per heavy atom. The molecule has 41 heavy (non-hydrogen) atoms. The van der Waals surface area contributed by atoms with E-state index in [4.69, 9.17) is 0 Å². The van der Waals surface area contributed by atoms with E-state index in [9.17, 15) is 19.5 Å². The molecule has 1 fully saturated rings. The number of benzene rings is 3. The molecule has 0 bridgehead atoms. The van der Waals surface area contributed by atoms with E-state index in [1.807, 2.05) is 95.3 Å². The molecule has 0 aliphatic carbocycles. The Morgan fingerprint density at radius 3 is 2.32 bits per heavy atom. The number of thioether (sulfide) groups is 1. The van der Waals surface area contributed by atoms with E-state index in [0.717, 1.165) is 27.8 Å². The maximum absolute atomic E-state index is 13.9. The number of aliphatic hydroxyl groups excluding tert-OH is 1. The van der Waals surface area contributed by atoms with Crippen LogP contribution in [0.5, 0.6) is 0 Å². The van der Waals surface area contributed by atoms with Crippen LogP contribution in [0.25, 0.3) is 0 Å². The highest BCUT2D eigenvalue weighted by molar-refractivity contribution is 8.00. The van der Waals surface area contributed by atoms with Gasteiger partial charge >= 0.3 is 0 Å². The number of hydrogen-bond donors (Lipinski definition) is 3. The Kier molecular flexibility index (Phi) is 9.56. The molecule has 1 heterocycles. The summed E-state index contributed by atoms with van der Waals surface area (Å²) in [7, 11) is 0. The maximum Gasteiger partial charge on any atom is 0.254 e. The molecule has 216 valence electrons. The van der Waals surface area contributed by atoms with Gasteiger partial charge in [-0.05, 0) is 81.0 Å². The van der Waals surface area contributed by atoms with Gasteiger partial charge in [-0.3, -0.25) is 14.4 Å². The highest BCUT2D eigenvalue weighted by Gasteiger charge is 2.49. The van der Waals surface area contributed by atoms with Crippen LogP contribution in [0.4, 0.5) is 0 Å². The van der Waals surface area contributed by atoms with Gasteiger partial charge in [-0.15, -0.1) is 11.8 Å². The third kappa shape index (κ3) is 7.18. The van der Waals surface area contributed by atoms with Gasteiger partial charge in [0.15, 0.2) is 6.10 Å². The van der Waals surface area contributed by atoms with Gasteiger partial charge in [-0.1, -0.05) is 60.7 Å². The number of rotatable bonds is 9. The molecule has 7 nitrogen and oxygen atoms in total. The van der Waals surface area contributed by atoms with Crippen molar-refractivity contribution in [3.63, 3.8) is 0 Å². The number of nitrogens with zero attached hydrogens (tertiary/aromatic N) is 1. The molecule has 0 radical (unpaired) electrons. The molecular weight excluding hydrogens is 534 g/mol. The Bertz CT molecular complexity index is 1410. The van der Waals surface area contributed by atoms with Crippen molar-refractivity contribution in [2.45, 2.75) is 70.5 Å². The Hall–Kier alpha value is -3.62. The minimum atomic E-state index is -1.55. The van der Waals surface area contributed by atoms with Gasteiger partial charge in [-0.2, -0.15) is 0 Å². The maximum atomic E-state index is 13.9. The van der Waals surface area contributed by atoms with Gasteiger partial charge in [0.1, 0.15) is 6.04 Å². The van der Waals surface area contributed by atoms with Crippen LogP contribution in [0, 0.1) is 20.8 Å². The molecule has 0 saturated carbocycles. The van der Waals surface area contributed by atoms with Crippen molar-refractivity contribution in [3.8, 4) is 0 Å². The van der Waals surface area contributed by atoms with E-state index in [2.05, 4.69) is 10.6 Å². The van der Waals surface area contributed by atoms with Crippen molar-refractivity contribution in [2.75, 3.05) is 5.88 Å². The number of carbonyl (C=O) groups excluding carboxylic acids is 3. The SMILES string of the molecule is Cc1ccc(C(=O)N[C@@H](Cc2ccccc2)[C@H](O)C(=O)N2CSC(C)(C)[C@H]2C(=O)NCc2ccccc2C)cc1C. The smallest absolute Gasteiger partial charge is 0.254 e. The topological polar surface area (TPSA) is 98.7 Å². The van der Waals surface area contributed by atoms with E-state index in [1.165, 1.54) is 16.7 Å². The van der Waals surface area contributed by atoms with Crippen LogP contribution in [0.3, 0.4) is 0 Å². The fourth-order valence-corrected chi connectivity index (χ4v) is 6.23. The molecule has 4 rings (SSSR count). The first-order valence-electron chi connectivity index (χ1n) is 13.8. The van der Waals surface area contributed by atoms with Crippen LogP contribution < -0.4 is 10.6 Å². The van der Waals surface area contributed by atoms with Crippen molar-refractivity contribution >= 4 is 29.5 Å². The minimum Gasteiger partial charge on any atom is -0.381 e. The number of nitrogens with one attached hydrogen (secondary N) is 2. The molecule has 1 saturated heterocycles. The molecular formula is C33H39N3O4S. The van der Waals surface area contributed by atoms with Crippen molar-refractivity contribution in [2.24, 2.45) is 0 Å². The summed E-state index contributed by atoms with van der Waals surface area (Å²) in [5.74, 6) is -0.971. The van der Waals surface area contributed by atoms with Crippen molar-refractivity contribution in [1.29, 1.82) is 0 Å². The molecule has 3 aromatic rings. The summed E-state index contributed by atoms with van der Waals surface area (Å²) in [4.78, 5) is 42.1. The van der Waals surface area contributed by atoms with E-state index >= 15 is 0 Å². The summed E-state index contributed by atoms with van der Waals surface area (Å²) in [6.07, 6.45) is -1.30. The summed E-state index contributed by atoms with van der Waals surface area (Å²) >= 11 is 1.49. The molecule has 8 heteroatoms. The zero-order chi connectivity index (χ0) is 29.7. The van der Waals surface area contributed by atoms with Gasteiger partial charge in [0.2, 0.25) is 5.91 Å². The number of carbonyl (C=O) groups is 3. The van der Waals surface area contributed by atoms with Crippen molar-refractivity contribution in [3.05, 3.63) is 106 Å². The predicted octanol–water partition coefficient (Wildman–Crippen LogP) is 4.31. The Morgan fingerprint density at radius 2 is 1.63 bits per heavy atom. The number of hydrogen-bond acceptors (Lipinski definition) is 5. The molecule has 3 amide bonds. The summed E-state index contributed by atoms with van der Waals surface area (Å²) in [6, 6.07) is 21.0. The van der Waals surface area contributed by atoms with Crippen LogP contribution in [-0.4, -0.2) is 56.5 Å². The van der Waals surface area contributed by atoms with Gasteiger partial charge in [-0.25, -0.2) is 0 Å². The Balaban J connectivity index is 1.55. The molecule has 0 spiro atoms. The third-order valence-corrected chi connectivity index (χ3v) is 9.18. The summed E-state index contributed by atoms with van der Waals surface area (Å²) in [5, 5.41) is 17.4. The third-order valence-electron chi connectivity index (χ3n) is 7.81. The second-order valence-corrected chi connectivity index (χ2v) is 12.8. The second-order valence-electron chi connectivity index (χ2n) is 11.2. The zero-order valence-corrected chi connectivity index (χ0v) is 25.1. The summed E-state index contributed by atoms with van der Waals surface area (Å²) < 4.78 is -0.567. The largest absolute Gasteiger partial charge is 0.381 e. The predicted molar refractivity (Wildman–Crippen MR) is 164 cm³/mol. The number of amides is 3. The first kappa shape index (κ1) is 30.3. The molecule has 1 aliphatic heterocycles. The Labute approximate surface area is 246 Å². The van der Waals surface area contributed by atoms with Gasteiger partial charge < -0.3 is 20.6 Å². The van der Waals surface area contributed by atoms with Crippen LogP contribution >= 0.6 is 11.8 Å². The molecule has 3 aromatic carbocycles. The summed E-state index contributed by atoms with van der Waals surface area (Å²) in [6.45, 7) is 10.1. The molecule has 0 aromatic heterocycles. The van der Waals surface area contributed by atoms with Crippen molar-refractivity contribution < 1.29 is 19.5 Å². The van der Waals surface area contributed by atoms with E-state index < -0.39 is 28.8 Å². The quantitative estimate of drug-likeness (QED) is 0.354. The standard InChI is InChI=1S/C33H39N3O4S/c1-21-15-16-25(17-23(21)3)30(38)35-27(18-24-12-7-6-8-13-24)28(37)32(40)36-20-41-33(4,5)29(36)31(39)34-19-26-14-10-9-11-22(26)2/h6-17,27-29,37H,18-20H2,1-5H3,(H,34,39)(H,35,38)/t27-,28-,29+/m0/s1. The van der Waals surface area contributed by atoms with Gasteiger partial charge in [0.05, 0.1) is 11.9 Å². The van der Waals surface area contributed by atoms with Crippen molar-refractivity contribution in [1.82, 2.24) is 15.5 Å². The van der Waals surface area contributed by atoms with E-state index in [-0.39, 0.29) is 24.1 Å². The van der Waals surface area contributed by atoms with Gasteiger partial charge in [0, 0.05) is 16.9 Å². The van der Waals surface area contributed by atoms with E-state index in [1.54, 1.807) is 12.1 Å². The highest BCUT2D eigenvalue weighted by atomic mass is 32.2. The lowest BCUT2D eigenvalue weighted by Crippen LogP contribution is -2.58. The average molecular weight is 574 g/mol. The fourth-order valence-electron chi connectivity index (χ4n) is 5.09. The lowest BCUT2D eigenvalue weighted by Gasteiger charge is -2.33. The van der Waals surface area contributed by atoms with Crippen LogP contribution in [-0.2, 0) is 22.6 Å². The van der Waals surface area contributed by atoms with Gasteiger partial charge in [0.25, 0.3) is 11.8 Å². The summed E-state index contributed by atoms with van der Waals surface area (Å²) in [5.41, 5.74) is 5.44. The van der Waals surface area contributed by atoms with Crippen LogP contribution in [0.1, 0.15) is 52.0 Å². The lowest BCUT2D eigenvalue weighted by molar-refractivity contribution is -0.147. The lowest BCUT2D eigenvalue weighted by atomic mass is 9.96.